The van der Waals surface area contributed by atoms with Gasteiger partial charge < -0.3 is 0 Å². The van der Waals surface area contributed by atoms with E-state index in [9.17, 15) is 0 Å². The number of benzene rings is 1. The summed E-state index contributed by atoms with van der Waals surface area (Å²) in [5, 5.41) is 4.25. The first-order valence-electron chi connectivity index (χ1n) is 6.53. The van der Waals surface area contributed by atoms with Gasteiger partial charge in [-0.15, -0.1) is 0 Å². The van der Waals surface area contributed by atoms with Crippen molar-refractivity contribution < 1.29 is 0 Å². The number of rotatable bonds is 5. The van der Waals surface area contributed by atoms with E-state index in [2.05, 4.69) is 54.5 Å². The Morgan fingerprint density at radius 3 is 2.79 bits per heavy atom. The predicted octanol–water partition coefficient (Wildman–Crippen LogP) is 1.91. The van der Waals surface area contributed by atoms with Crippen molar-refractivity contribution in [2.45, 2.75) is 39.3 Å². The third-order valence-corrected chi connectivity index (χ3v) is 3.17. The normalized spacial score (nSPS) is 12.9. The first-order chi connectivity index (χ1) is 9.11. The van der Waals surface area contributed by atoms with Crippen molar-refractivity contribution in [2.75, 3.05) is 0 Å². The Hall–Kier alpha value is -1.72. The van der Waals surface area contributed by atoms with Crippen molar-refractivity contribution in [1.82, 2.24) is 20.2 Å². The van der Waals surface area contributed by atoms with Crippen LogP contribution in [0.25, 0.3) is 0 Å². The molecule has 0 aliphatic carbocycles. The summed E-state index contributed by atoms with van der Waals surface area (Å²) in [5.41, 5.74) is 5.26. The summed E-state index contributed by atoms with van der Waals surface area (Å²) in [5.74, 6) is 6.63. The number of hydrogen-bond acceptors (Lipinski definition) is 4. The molecule has 5 nitrogen and oxygen atoms in total. The lowest BCUT2D eigenvalue weighted by Crippen LogP contribution is -2.30. The van der Waals surface area contributed by atoms with Crippen LogP contribution in [0.15, 0.2) is 30.6 Å². The van der Waals surface area contributed by atoms with Gasteiger partial charge in [-0.1, -0.05) is 29.8 Å². The molecule has 2 rings (SSSR count). The van der Waals surface area contributed by atoms with Gasteiger partial charge in [0.25, 0.3) is 0 Å². The Labute approximate surface area is 113 Å². The van der Waals surface area contributed by atoms with Gasteiger partial charge in [-0.05, 0) is 26.3 Å². The molecule has 0 aliphatic rings. The molecule has 0 bridgehead atoms. The van der Waals surface area contributed by atoms with Crippen LogP contribution in [0, 0.1) is 6.92 Å². The molecule has 3 N–H and O–H groups in total. The Morgan fingerprint density at radius 1 is 1.37 bits per heavy atom. The maximum atomic E-state index is 5.69. The summed E-state index contributed by atoms with van der Waals surface area (Å²) in [4.78, 5) is 4.33. The fourth-order valence-electron chi connectivity index (χ4n) is 2.19. The van der Waals surface area contributed by atoms with E-state index in [0.717, 1.165) is 12.2 Å². The van der Waals surface area contributed by atoms with E-state index in [4.69, 9.17) is 5.84 Å². The van der Waals surface area contributed by atoms with Gasteiger partial charge in [-0.2, -0.15) is 5.10 Å². The second-order valence-electron chi connectivity index (χ2n) is 5.05. The van der Waals surface area contributed by atoms with Gasteiger partial charge in [0.2, 0.25) is 0 Å². The van der Waals surface area contributed by atoms with Crippen molar-refractivity contribution in [3.8, 4) is 0 Å². The summed E-state index contributed by atoms with van der Waals surface area (Å²) in [6.45, 7) is 6.26. The minimum atomic E-state index is 0.0431. The molecule has 1 heterocycles. The van der Waals surface area contributed by atoms with Crippen molar-refractivity contribution in [3.63, 3.8) is 0 Å². The van der Waals surface area contributed by atoms with Crippen LogP contribution in [0.4, 0.5) is 0 Å². The molecule has 0 saturated carbocycles. The third-order valence-electron chi connectivity index (χ3n) is 3.17. The highest BCUT2D eigenvalue weighted by molar-refractivity contribution is 5.25. The van der Waals surface area contributed by atoms with Gasteiger partial charge in [-0.25, -0.2) is 9.67 Å². The largest absolute Gasteiger partial charge is 0.271 e. The maximum absolute atomic E-state index is 5.69. The van der Waals surface area contributed by atoms with Crippen molar-refractivity contribution in [1.29, 1.82) is 0 Å². The summed E-state index contributed by atoms with van der Waals surface area (Å²) >= 11 is 0. The van der Waals surface area contributed by atoms with E-state index >= 15 is 0 Å². The van der Waals surface area contributed by atoms with Gasteiger partial charge >= 0.3 is 0 Å². The Balaban J connectivity index is 2.22. The molecule has 0 amide bonds. The lowest BCUT2D eigenvalue weighted by atomic mass is 10.0. The minimum absolute atomic E-state index is 0.0431. The summed E-state index contributed by atoms with van der Waals surface area (Å²) < 4.78 is 1.93. The number of aryl methyl sites for hydroxylation is 1. The molecule has 0 saturated heterocycles. The van der Waals surface area contributed by atoms with E-state index in [1.165, 1.54) is 11.1 Å². The van der Waals surface area contributed by atoms with Crippen LogP contribution >= 0.6 is 0 Å². The lowest BCUT2D eigenvalue weighted by Gasteiger charge is -2.18. The molecule has 0 aliphatic heterocycles. The van der Waals surface area contributed by atoms with Crippen molar-refractivity contribution >= 4 is 0 Å². The number of nitrogens with one attached hydrogen (secondary N) is 1. The molecule has 1 atom stereocenters. The van der Waals surface area contributed by atoms with Crippen LogP contribution in [0.3, 0.4) is 0 Å². The topological polar surface area (TPSA) is 68.8 Å². The smallest absolute Gasteiger partial charge is 0.138 e. The number of hydrogen-bond donors (Lipinski definition) is 2. The molecule has 0 radical (unpaired) electrons. The highest BCUT2D eigenvalue weighted by atomic mass is 15.3. The van der Waals surface area contributed by atoms with Crippen LogP contribution < -0.4 is 11.3 Å². The summed E-state index contributed by atoms with van der Waals surface area (Å²) in [6.07, 6.45) is 2.32. The molecule has 2 aromatic rings. The second-order valence-corrected chi connectivity index (χ2v) is 5.05. The first-order valence-corrected chi connectivity index (χ1v) is 6.53. The molecule has 5 heteroatoms. The van der Waals surface area contributed by atoms with Crippen LogP contribution in [0.2, 0.25) is 0 Å². The van der Waals surface area contributed by atoms with Crippen LogP contribution in [0.1, 0.15) is 42.9 Å². The number of hydrazine groups is 1. The van der Waals surface area contributed by atoms with E-state index < -0.39 is 0 Å². The number of nitrogens with two attached hydrogens (primary N) is 1. The van der Waals surface area contributed by atoms with Crippen molar-refractivity contribution in [3.05, 3.63) is 47.5 Å². The van der Waals surface area contributed by atoms with Crippen LogP contribution in [0.5, 0.6) is 0 Å². The van der Waals surface area contributed by atoms with E-state index in [1.807, 2.05) is 10.7 Å². The molecule has 0 spiro atoms. The fourth-order valence-corrected chi connectivity index (χ4v) is 2.19. The molecule has 0 fully saturated rings. The highest BCUT2D eigenvalue weighted by Gasteiger charge is 2.15. The molecule has 1 aromatic carbocycles. The van der Waals surface area contributed by atoms with Gasteiger partial charge in [0.05, 0.1) is 6.04 Å². The monoisotopic (exact) mass is 259 g/mol. The molecule has 1 aromatic heterocycles. The molecule has 102 valence electrons. The third kappa shape index (κ3) is 3.19. The number of aromatic nitrogens is 3. The summed E-state index contributed by atoms with van der Waals surface area (Å²) in [7, 11) is 0. The zero-order chi connectivity index (χ0) is 13.8. The van der Waals surface area contributed by atoms with Crippen molar-refractivity contribution in [2.24, 2.45) is 5.84 Å². The van der Waals surface area contributed by atoms with Gasteiger partial charge in [0, 0.05) is 12.5 Å². The molecule has 1 unspecified atom stereocenters. The van der Waals surface area contributed by atoms with Crippen LogP contribution in [-0.2, 0) is 6.42 Å². The van der Waals surface area contributed by atoms with E-state index in [-0.39, 0.29) is 6.04 Å². The van der Waals surface area contributed by atoms with E-state index in [0.29, 0.717) is 6.04 Å². The standard InChI is InChI=1S/C14H21N5/c1-10(2)19-14(16-9-17-19)8-13(18-15)12-6-4-5-11(3)7-12/h4-7,9-10,13,18H,8,15H2,1-3H3. The molecular weight excluding hydrogens is 238 g/mol. The maximum Gasteiger partial charge on any atom is 0.138 e. The van der Waals surface area contributed by atoms with E-state index in [1.54, 1.807) is 6.33 Å². The lowest BCUT2D eigenvalue weighted by molar-refractivity contribution is 0.468. The zero-order valence-electron chi connectivity index (χ0n) is 11.7. The fraction of sp³-hybridized carbons (Fsp3) is 0.429. The average Bonchev–Trinajstić information content (AvgIpc) is 2.84. The number of nitrogens with zero attached hydrogens (tertiary/aromatic N) is 3. The van der Waals surface area contributed by atoms with Gasteiger partial charge in [0.1, 0.15) is 12.2 Å². The quantitative estimate of drug-likeness (QED) is 0.636. The SMILES string of the molecule is Cc1cccc(C(Cc2ncnn2C(C)C)NN)c1. The Kier molecular flexibility index (Phi) is 4.29. The molecular formula is C14H21N5. The highest BCUT2D eigenvalue weighted by Crippen LogP contribution is 2.19. The Morgan fingerprint density at radius 2 is 2.16 bits per heavy atom. The van der Waals surface area contributed by atoms with Crippen LogP contribution in [-0.4, -0.2) is 14.8 Å². The Bertz CT molecular complexity index is 532. The summed E-state index contributed by atoms with van der Waals surface area (Å²) in [6, 6.07) is 8.68. The molecule has 19 heavy (non-hydrogen) atoms. The first kappa shape index (κ1) is 13.7. The predicted molar refractivity (Wildman–Crippen MR) is 75.4 cm³/mol. The average molecular weight is 259 g/mol. The second kappa shape index (κ2) is 5.95. The zero-order valence-corrected chi connectivity index (χ0v) is 11.7. The van der Waals surface area contributed by atoms with Gasteiger partial charge in [0.15, 0.2) is 0 Å². The van der Waals surface area contributed by atoms with Gasteiger partial charge in [-0.3, -0.25) is 11.3 Å². The minimum Gasteiger partial charge on any atom is -0.271 e.